The first kappa shape index (κ1) is 17.4. The van der Waals surface area contributed by atoms with Crippen LogP contribution >= 0.6 is 12.4 Å². The van der Waals surface area contributed by atoms with Gasteiger partial charge in [0, 0.05) is 30.3 Å². The summed E-state index contributed by atoms with van der Waals surface area (Å²) >= 11 is 0. The van der Waals surface area contributed by atoms with Gasteiger partial charge >= 0.3 is 0 Å². The van der Waals surface area contributed by atoms with Crippen LogP contribution in [-0.4, -0.2) is 34.9 Å². The van der Waals surface area contributed by atoms with Crippen molar-refractivity contribution >= 4 is 24.0 Å². The van der Waals surface area contributed by atoms with Gasteiger partial charge in [-0.05, 0) is 44.4 Å². The number of hydrogen-bond donors (Lipinski definition) is 1. The third kappa shape index (κ3) is 4.15. The van der Waals surface area contributed by atoms with Gasteiger partial charge in [-0.25, -0.2) is 0 Å². The van der Waals surface area contributed by atoms with Gasteiger partial charge in [-0.1, -0.05) is 0 Å². The van der Waals surface area contributed by atoms with Crippen LogP contribution in [0, 0.1) is 10.1 Å². The Morgan fingerprint density at radius 3 is 2.57 bits per heavy atom. The van der Waals surface area contributed by atoms with E-state index in [9.17, 15) is 14.9 Å². The molecular formula is C14H20ClN3O3. The molecule has 1 unspecified atom stereocenters. The molecule has 0 bridgehead atoms. The Bertz CT molecular complexity index is 491. The van der Waals surface area contributed by atoms with E-state index in [1.807, 2.05) is 4.90 Å². The maximum atomic E-state index is 12.5. The van der Waals surface area contributed by atoms with Crippen LogP contribution in [0.3, 0.4) is 0 Å². The molecule has 0 saturated carbocycles. The summed E-state index contributed by atoms with van der Waals surface area (Å²) in [6.45, 7) is 1.30. The minimum absolute atomic E-state index is 0. The minimum atomic E-state index is -0.466. The molecule has 1 aromatic carbocycles. The predicted molar refractivity (Wildman–Crippen MR) is 82.7 cm³/mol. The summed E-state index contributed by atoms with van der Waals surface area (Å²) in [4.78, 5) is 24.5. The standard InChI is InChI=1S/C14H19N3O3.ClH/c15-9-8-12-3-1-2-10-16(12)14(18)11-4-6-13(7-5-11)17(19)20;/h4-7,12H,1-3,8-10,15H2;1H. The zero-order valence-electron chi connectivity index (χ0n) is 11.7. The van der Waals surface area contributed by atoms with Gasteiger partial charge in [0.1, 0.15) is 0 Å². The van der Waals surface area contributed by atoms with E-state index in [4.69, 9.17) is 5.73 Å². The normalized spacial score (nSPS) is 18.0. The molecular weight excluding hydrogens is 294 g/mol. The summed E-state index contributed by atoms with van der Waals surface area (Å²) in [7, 11) is 0. The van der Waals surface area contributed by atoms with Gasteiger partial charge in [0.2, 0.25) is 0 Å². The van der Waals surface area contributed by atoms with Crippen molar-refractivity contribution < 1.29 is 9.72 Å². The molecule has 1 fully saturated rings. The molecule has 1 atom stereocenters. The summed E-state index contributed by atoms with van der Waals surface area (Å²) in [6, 6.07) is 5.98. The van der Waals surface area contributed by atoms with Crippen LogP contribution in [0.4, 0.5) is 5.69 Å². The van der Waals surface area contributed by atoms with Gasteiger partial charge in [-0.15, -0.1) is 12.4 Å². The highest BCUT2D eigenvalue weighted by Crippen LogP contribution is 2.22. The van der Waals surface area contributed by atoms with Crippen LogP contribution in [0.25, 0.3) is 0 Å². The maximum Gasteiger partial charge on any atom is 0.269 e. The third-order valence-electron chi connectivity index (χ3n) is 3.71. The number of hydrogen-bond acceptors (Lipinski definition) is 4. The molecule has 21 heavy (non-hydrogen) atoms. The summed E-state index contributed by atoms with van der Waals surface area (Å²) in [5.74, 6) is -0.0574. The highest BCUT2D eigenvalue weighted by molar-refractivity contribution is 5.94. The molecule has 1 amide bonds. The fourth-order valence-electron chi connectivity index (χ4n) is 2.65. The molecule has 116 valence electrons. The lowest BCUT2D eigenvalue weighted by Crippen LogP contribution is -2.44. The summed E-state index contributed by atoms with van der Waals surface area (Å²) < 4.78 is 0. The molecule has 0 radical (unpaired) electrons. The van der Waals surface area contributed by atoms with E-state index in [1.165, 1.54) is 24.3 Å². The fourth-order valence-corrected chi connectivity index (χ4v) is 2.65. The second kappa shape index (κ2) is 7.95. The molecule has 6 nitrogen and oxygen atoms in total. The Balaban J connectivity index is 0.00000220. The predicted octanol–water partition coefficient (Wildman–Crippen LogP) is 2.36. The van der Waals surface area contributed by atoms with Crippen molar-refractivity contribution in [3.63, 3.8) is 0 Å². The van der Waals surface area contributed by atoms with Crippen LogP contribution in [0.15, 0.2) is 24.3 Å². The molecule has 0 aliphatic carbocycles. The number of carbonyl (C=O) groups excluding carboxylic acids is 1. The number of nitro benzene ring substituents is 1. The van der Waals surface area contributed by atoms with E-state index in [-0.39, 0.29) is 30.0 Å². The van der Waals surface area contributed by atoms with Crippen LogP contribution in [0.1, 0.15) is 36.0 Å². The zero-order chi connectivity index (χ0) is 14.5. The fraction of sp³-hybridized carbons (Fsp3) is 0.500. The molecule has 0 spiro atoms. The van der Waals surface area contributed by atoms with E-state index in [1.54, 1.807) is 0 Å². The van der Waals surface area contributed by atoms with Crippen molar-refractivity contribution in [3.05, 3.63) is 39.9 Å². The van der Waals surface area contributed by atoms with E-state index in [0.717, 1.165) is 32.2 Å². The van der Waals surface area contributed by atoms with Crippen molar-refractivity contribution in [2.24, 2.45) is 5.73 Å². The van der Waals surface area contributed by atoms with Crippen molar-refractivity contribution in [1.82, 2.24) is 4.90 Å². The monoisotopic (exact) mass is 313 g/mol. The number of piperidine rings is 1. The van der Waals surface area contributed by atoms with E-state index in [2.05, 4.69) is 0 Å². The SMILES string of the molecule is Cl.NCCC1CCCCN1C(=O)c1ccc([N+](=O)[O-])cc1. The number of rotatable bonds is 4. The number of likely N-dealkylation sites (tertiary alicyclic amines) is 1. The van der Waals surface area contributed by atoms with Crippen LogP contribution in [0.2, 0.25) is 0 Å². The first-order valence-electron chi connectivity index (χ1n) is 6.89. The highest BCUT2D eigenvalue weighted by Gasteiger charge is 2.26. The number of amides is 1. The first-order chi connectivity index (χ1) is 9.63. The van der Waals surface area contributed by atoms with Crippen molar-refractivity contribution in [2.45, 2.75) is 31.7 Å². The lowest BCUT2D eigenvalue weighted by atomic mass is 9.98. The maximum absolute atomic E-state index is 12.5. The number of carbonyl (C=O) groups is 1. The Morgan fingerprint density at radius 2 is 2.00 bits per heavy atom. The molecule has 0 aromatic heterocycles. The number of nitrogens with zero attached hydrogens (tertiary/aromatic N) is 2. The van der Waals surface area contributed by atoms with Gasteiger partial charge in [-0.3, -0.25) is 14.9 Å². The molecule has 2 rings (SSSR count). The largest absolute Gasteiger partial charge is 0.336 e. The summed E-state index contributed by atoms with van der Waals surface area (Å²) in [5, 5.41) is 10.6. The Labute approximate surface area is 129 Å². The van der Waals surface area contributed by atoms with Crippen LogP contribution in [0.5, 0.6) is 0 Å². The number of benzene rings is 1. The lowest BCUT2D eigenvalue weighted by molar-refractivity contribution is -0.384. The molecule has 1 aromatic rings. The quantitative estimate of drug-likeness (QED) is 0.682. The molecule has 1 heterocycles. The van der Waals surface area contributed by atoms with Gasteiger partial charge in [-0.2, -0.15) is 0 Å². The number of halogens is 1. The second-order valence-corrected chi connectivity index (χ2v) is 5.03. The van der Waals surface area contributed by atoms with E-state index in [0.29, 0.717) is 12.1 Å². The van der Waals surface area contributed by atoms with Gasteiger partial charge in [0.05, 0.1) is 4.92 Å². The van der Waals surface area contributed by atoms with Gasteiger partial charge in [0.25, 0.3) is 11.6 Å². The van der Waals surface area contributed by atoms with E-state index < -0.39 is 4.92 Å². The average molecular weight is 314 g/mol. The van der Waals surface area contributed by atoms with Crippen molar-refractivity contribution in [1.29, 1.82) is 0 Å². The average Bonchev–Trinajstić information content (AvgIpc) is 2.47. The van der Waals surface area contributed by atoms with Crippen LogP contribution in [-0.2, 0) is 0 Å². The van der Waals surface area contributed by atoms with Crippen molar-refractivity contribution in [2.75, 3.05) is 13.1 Å². The molecule has 1 aliphatic rings. The second-order valence-electron chi connectivity index (χ2n) is 5.03. The molecule has 1 aliphatic heterocycles. The molecule has 7 heteroatoms. The van der Waals surface area contributed by atoms with Gasteiger partial charge in [0.15, 0.2) is 0 Å². The Kier molecular flexibility index (Phi) is 6.58. The van der Waals surface area contributed by atoms with Crippen LogP contribution < -0.4 is 5.73 Å². The molecule has 1 saturated heterocycles. The minimum Gasteiger partial charge on any atom is -0.336 e. The van der Waals surface area contributed by atoms with E-state index >= 15 is 0 Å². The molecule has 2 N–H and O–H groups in total. The zero-order valence-corrected chi connectivity index (χ0v) is 12.6. The summed E-state index contributed by atoms with van der Waals surface area (Å²) in [6.07, 6.45) is 3.91. The Morgan fingerprint density at radius 1 is 1.33 bits per heavy atom. The number of nitro groups is 1. The Hall–Kier alpha value is -1.66. The highest BCUT2D eigenvalue weighted by atomic mass is 35.5. The first-order valence-corrected chi connectivity index (χ1v) is 6.89. The summed E-state index contributed by atoms with van der Waals surface area (Å²) in [5.41, 5.74) is 6.10. The topological polar surface area (TPSA) is 89.5 Å². The smallest absolute Gasteiger partial charge is 0.269 e. The van der Waals surface area contributed by atoms with Gasteiger partial charge < -0.3 is 10.6 Å². The lowest BCUT2D eigenvalue weighted by Gasteiger charge is -2.35. The van der Waals surface area contributed by atoms with Crippen molar-refractivity contribution in [3.8, 4) is 0 Å². The number of non-ortho nitro benzene ring substituents is 1. The third-order valence-corrected chi connectivity index (χ3v) is 3.71. The number of nitrogens with two attached hydrogens (primary N) is 1.